The number of rotatable bonds is 3. The molecule has 2 aliphatic rings. The van der Waals surface area contributed by atoms with Crippen LogP contribution in [0.5, 0.6) is 0 Å². The molecule has 4 atom stereocenters. The third-order valence-corrected chi connectivity index (χ3v) is 5.57. The lowest BCUT2D eigenvalue weighted by Gasteiger charge is -2.23. The van der Waals surface area contributed by atoms with Crippen LogP contribution in [0.1, 0.15) is 31.2 Å². The van der Waals surface area contributed by atoms with Gasteiger partial charge in [-0.05, 0) is 43.4 Å². The molecule has 6 heteroatoms. The molecular weight excluding hydrogens is 325 g/mol. The lowest BCUT2D eigenvalue weighted by molar-refractivity contribution is -0.143. The number of carboxylic acid groups (broad SMARTS) is 1. The molecule has 22 heavy (non-hydrogen) atoms. The maximum Gasteiger partial charge on any atom is 0.308 e. The molecule has 1 saturated carbocycles. The van der Waals surface area contributed by atoms with Crippen LogP contribution in [0.25, 0.3) is 0 Å². The molecule has 1 aromatic carbocycles. The molecule has 0 bridgehead atoms. The van der Waals surface area contributed by atoms with E-state index >= 15 is 0 Å². The Bertz CT molecular complexity index is 634. The summed E-state index contributed by atoms with van der Waals surface area (Å²) >= 11 is 11.9. The molecule has 1 amide bonds. The molecular formula is C16H17Cl2NO3. The van der Waals surface area contributed by atoms with E-state index in [-0.39, 0.29) is 23.8 Å². The van der Waals surface area contributed by atoms with E-state index in [2.05, 4.69) is 0 Å². The highest BCUT2D eigenvalue weighted by Gasteiger charge is 2.49. The van der Waals surface area contributed by atoms with Crippen LogP contribution < -0.4 is 0 Å². The molecule has 0 radical (unpaired) electrons. The Hall–Kier alpha value is -1.26. The largest absolute Gasteiger partial charge is 0.481 e. The van der Waals surface area contributed by atoms with Crippen LogP contribution >= 0.6 is 23.2 Å². The van der Waals surface area contributed by atoms with Crippen LogP contribution in [0.2, 0.25) is 10.0 Å². The monoisotopic (exact) mass is 341 g/mol. The van der Waals surface area contributed by atoms with Crippen molar-refractivity contribution in [3.05, 3.63) is 33.8 Å². The highest BCUT2D eigenvalue weighted by molar-refractivity contribution is 6.42. The first kappa shape index (κ1) is 15.6. The smallest absolute Gasteiger partial charge is 0.308 e. The highest BCUT2D eigenvalue weighted by atomic mass is 35.5. The predicted octanol–water partition coefficient (Wildman–Crippen LogP) is 3.42. The van der Waals surface area contributed by atoms with Gasteiger partial charge in [0.2, 0.25) is 5.91 Å². The van der Waals surface area contributed by atoms with Gasteiger partial charge in [0.15, 0.2) is 0 Å². The Labute approximate surface area is 139 Å². The van der Waals surface area contributed by atoms with Crippen molar-refractivity contribution in [1.29, 1.82) is 0 Å². The molecule has 4 nitrogen and oxygen atoms in total. The summed E-state index contributed by atoms with van der Waals surface area (Å²) in [6, 6.07) is 5.23. The van der Waals surface area contributed by atoms with Gasteiger partial charge >= 0.3 is 5.97 Å². The number of nitrogens with zero attached hydrogens (tertiary/aromatic N) is 1. The molecule has 3 rings (SSSR count). The minimum Gasteiger partial charge on any atom is -0.481 e. The van der Waals surface area contributed by atoms with E-state index in [4.69, 9.17) is 28.3 Å². The zero-order chi connectivity index (χ0) is 16.0. The van der Waals surface area contributed by atoms with Crippen molar-refractivity contribution in [2.75, 3.05) is 6.54 Å². The second kappa shape index (κ2) is 5.74. The summed E-state index contributed by atoms with van der Waals surface area (Å²) in [5, 5.41) is 10.2. The van der Waals surface area contributed by atoms with Gasteiger partial charge in [-0.1, -0.05) is 29.3 Å². The number of amides is 1. The molecule has 2 fully saturated rings. The maximum atomic E-state index is 12.6. The first-order chi connectivity index (χ1) is 10.4. The van der Waals surface area contributed by atoms with E-state index in [1.165, 1.54) is 0 Å². The van der Waals surface area contributed by atoms with Crippen LogP contribution in [0, 0.1) is 11.8 Å². The summed E-state index contributed by atoms with van der Waals surface area (Å²) in [6.07, 6.45) is 1.32. The van der Waals surface area contributed by atoms with Gasteiger partial charge in [-0.25, -0.2) is 0 Å². The number of likely N-dealkylation sites (tertiary alicyclic amines) is 1. The van der Waals surface area contributed by atoms with Gasteiger partial charge < -0.3 is 10.0 Å². The maximum absolute atomic E-state index is 12.6. The fourth-order valence-corrected chi connectivity index (χ4v) is 3.68. The first-order valence-electron chi connectivity index (χ1n) is 7.38. The Balaban J connectivity index is 1.68. The molecule has 1 heterocycles. The number of carbonyl (C=O) groups excluding carboxylic acids is 1. The van der Waals surface area contributed by atoms with Gasteiger partial charge in [0.05, 0.1) is 16.0 Å². The van der Waals surface area contributed by atoms with Crippen molar-refractivity contribution in [2.24, 2.45) is 11.8 Å². The average Bonchev–Trinajstić information content (AvgIpc) is 3.17. The predicted molar refractivity (Wildman–Crippen MR) is 84.2 cm³/mol. The normalized spacial score (nSPS) is 30.4. The second-order valence-electron chi connectivity index (χ2n) is 6.13. The number of hydrogen-bond donors (Lipinski definition) is 1. The van der Waals surface area contributed by atoms with Gasteiger partial charge in [0.1, 0.15) is 0 Å². The van der Waals surface area contributed by atoms with E-state index in [0.29, 0.717) is 23.0 Å². The molecule has 1 saturated heterocycles. The third kappa shape index (κ3) is 2.70. The zero-order valence-electron chi connectivity index (χ0n) is 12.1. The van der Waals surface area contributed by atoms with Crippen molar-refractivity contribution in [1.82, 2.24) is 4.90 Å². The van der Waals surface area contributed by atoms with E-state index in [0.717, 1.165) is 12.0 Å². The lowest BCUT2D eigenvalue weighted by Crippen LogP contribution is -2.38. The lowest BCUT2D eigenvalue weighted by atomic mass is 10.0. The first-order valence-corrected chi connectivity index (χ1v) is 8.14. The van der Waals surface area contributed by atoms with Crippen LogP contribution in [0.15, 0.2) is 18.2 Å². The number of hydrogen-bond acceptors (Lipinski definition) is 2. The standard InChI is InChI=1S/C16H17Cl2NO3/c1-8-10(16(21)22)4-5-19(8)15(20)12-7-11(12)9-2-3-13(17)14(18)6-9/h2-3,6,8,10-12H,4-5,7H2,1H3,(H,21,22). The summed E-state index contributed by atoms with van der Waals surface area (Å²) in [6.45, 7) is 2.35. The third-order valence-electron chi connectivity index (χ3n) is 4.83. The van der Waals surface area contributed by atoms with Gasteiger partial charge in [-0.2, -0.15) is 0 Å². The quantitative estimate of drug-likeness (QED) is 0.916. The van der Waals surface area contributed by atoms with Crippen molar-refractivity contribution in [2.45, 2.75) is 31.7 Å². The molecule has 4 unspecified atom stereocenters. The Kier molecular flexibility index (Phi) is 4.08. The summed E-state index contributed by atoms with van der Waals surface area (Å²) in [4.78, 5) is 25.5. The zero-order valence-corrected chi connectivity index (χ0v) is 13.6. The van der Waals surface area contributed by atoms with Gasteiger partial charge in [-0.3, -0.25) is 9.59 Å². The molecule has 1 aliphatic heterocycles. The number of carboxylic acids is 1. The topological polar surface area (TPSA) is 57.6 Å². The molecule has 1 aromatic rings. The van der Waals surface area contributed by atoms with Gasteiger partial charge in [-0.15, -0.1) is 0 Å². The van der Waals surface area contributed by atoms with Crippen molar-refractivity contribution < 1.29 is 14.7 Å². The number of benzene rings is 1. The molecule has 118 valence electrons. The van der Waals surface area contributed by atoms with E-state index in [1.807, 2.05) is 19.1 Å². The molecule has 1 N–H and O–H groups in total. The SMILES string of the molecule is CC1C(C(=O)O)CCN1C(=O)C1CC1c1ccc(Cl)c(Cl)c1. The van der Waals surface area contributed by atoms with E-state index < -0.39 is 11.9 Å². The summed E-state index contributed by atoms with van der Waals surface area (Å²) in [7, 11) is 0. The van der Waals surface area contributed by atoms with Crippen LogP contribution in [-0.4, -0.2) is 34.5 Å². The second-order valence-corrected chi connectivity index (χ2v) is 6.94. The summed E-state index contributed by atoms with van der Waals surface area (Å²) in [5.41, 5.74) is 1.02. The van der Waals surface area contributed by atoms with Crippen LogP contribution in [0.3, 0.4) is 0 Å². The van der Waals surface area contributed by atoms with E-state index in [1.54, 1.807) is 11.0 Å². The Morgan fingerprint density at radius 1 is 1.23 bits per heavy atom. The fraction of sp³-hybridized carbons (Fsp3) is 0.500. The summed E-state index contributed by atoms with van der Waals surface area (Å²) < 4.78 is 0. The molecule has 0 spiro atoms. The van der Waals surface area contributed by atoms with Crippen LogP contribution in [-0.2, 0) is 9.59 Å². The fourth-order valence-electron chi connectivity index (χ4n) is 3.37. The Morgan fingerprint density at radius 3 is 2.55 bits per heavy atom. The highest BCUT2D eigenvalue weighted by Crippen LogP contribution is 2.50. The van der Waals surface area contributed by atoms with Crippen molar-refractivity contribution in [3.63, 3.8) is 0 Å². The van der Waals surface area contributed by atoms with Gasteiger partial charge in [0.25, 0.3) is 0 Å². The Morgan fingerprint density at radius 2 is 1.95 bits per heavy atom. The molecule has 1 aliphatic carbocycles. The van der Waals surface area contributed by atoms with Crippen molar-refractivity contribution >= 4 is 35.1 Å². The van der Waals surface area contributed by atoms with Crippen LogP contribution in [0.4, 0.5) is 0 Å². The average molecular weight is 342 g/mol. The molecule has 0 aromatic heterocycles. The number of aliphatic carboxylic acids is 1. The van der Waals surface area contributed by atoms with Crippen molar-refractivity contribution in [3.8, 4) is 0 Å². The minimum absolute atomic E-state index is 0.0623. The minimum atomic E-state index is -0.820. The number of carbonyl (C=O) groups is 2. The van der Waals surface area contributed by atoms with E-state index in [9.17, 15) is 9.59 Å². The number of halogens is 2. The summed E-state index contributed by atoms with van der Waals surface area (Å²) in [5.74, 6) is -1.11. The van der Waals surface area contributed by atoms with Gasteiger partial charge in [0, 0.05) is 18.5 Å².